The lowest BCUT2D eigenvalue weighted by Gasteiger charge is -2.38. The van der Waals surface area contributed by atoms with Crippen molar-refractivity contribution in [2.24, 2.45) is 5.92 Å². The van der Waals surface area contributed by atoms with Gasteiger partial charge >= 0.3 is 0 Å². The molecular formula is C15H32N2O. The molecule has 1 N–H and O–H groups in total. The molecule has 1 saturated carbocycles. The fourth-order valence-electron chi connectivity index (χ4n) is 2.43. The van der Waals surface area contributed by atoms with Crippen molar-refractivity contribution >= 4 is 0 Å². The van der Waals surface area contributed by atoms with Crippen LogP contribution in [-0.4, -0.2) is 49.3 Å². The van der Waals surface area contributed by atoms with Crippen LogP contribution in [-0.2, 0) is 4.74 Å². The van der Waals surface area contributed by atoms with E-state index in [4.69, 9.17) is 4.74 Å². The van der Waals surface area contributed by atoms with E-state index in [1.54, 1.807) is 0 Å². The van der Waals surface area contributed by atoms with Gasteiger partial charge in [0.2, 0.25) is 0 Å². The average Bonchev–Trinajstić information content (AvgIpc) is 3.10. The lowest BCUT2D eigenvalue weighted by atomic mass is 9.97. The van der Waals surface area contributed by atoms with E-state index in [9.17, 15) is 0 Å². The molecule has 1 rings (SSSR count). The Labute approximate surface area is 113 Å². The maximum atomic E-state index is 5.67. The standard InChI is InChI=1S/C15H32N2O/c1-7-16-14(15(4,5)18-6)11-17(10-12(2)3)13-8-9-13/h12-14,16H,7-11H2,1-6H3. The van der Waals surface area contributed by atoms with E-state index in [0.717, 1.165) is 25.0 Å². The molecule has 108 valence electrons. The Bertz CT molecular complexity index is 237. The van der Waals surface area contributed by atoms with E-state index in [2.05, 4.69) is 44.8 Å². The fourth-order valence-corrected chi connectivity index (χ4v) is 2.43. The molecule has 1 atom stereocenters. The minimum Gasteiger partial charge on any atom is -0.377 e. The fraction of sp³-hybridized carbons (Fsp3) is 1.00. The number of nitrogens with zero attached hydrogens (tertiary/aromatic N) is 1. The summed E-state index contributed by atoms with van der Waals surface area (Å²) in [6.45, 7) is 14.4. The summed E-state index contributed by atoms with van der Waals surface area (Å²) in [4.78, 5) is 2.65. The largest absolute Gasteiger partial charge is 0.377 e. The van der Waals surface area contributed by atoms with Crippen molar-refractivity contribution in [3.8, 4) is 0 Å². The normalized spacial score (nSPS) is 18.7. The number of rotatable bonds is 9. The molecule has 0 amide bonds. The van der Waals surface area contributed by atoms with Gasteiger partial charge in [0.25, 0.3) is 0 Å². The minimum atomic E-state index is -0.111. The van der Waals surface area contributed by atoms with Crippen LogP contribution in [0.15, 0.2) is 0 Å². The van der Waals surface area contributed by atoms with Crippen molar-refractivity contribution in [3.05, 3.63) is 0 Å². The highest BCUT2D eigenvalue weighted by Crippen LogP contribution is 2.29. The number of hydrogen-bond acceptors (Lipinski definition) is 3. The Morgan fingerprint density at radius 2 is 1.89 bits per heavy atom. The van der Waals surface area contributed by atoms with Crippen molar-refractivity contribution in [2.75, 3.05) is 26.7 Å². The van der Waals surface area contributed by atoms with Gasteiger partial charge in [0, 0.05) is 32.3 Å². The molecule has 0 spiro atoms. The van der Waals surface area contributed by atoms with Crippen LogP contribution in [0.1, 0.15) is 47.5 Å². The lowest BCUT2D eigenvalue weighted by Crippen LogP contribution is -2.55. The van der Waals surface area contributed by atoms with E-state index in [1.165, 1.54) is 19.4 Å². The van der Waals surface area contributed by atoms with E-state index >= 15 is 0 Å². The van der Waals surface area contributed by atoms with Crippen LogP contribution in [0.4, 0.5) is 0 Å². The predicted molar refractivity (Wildman–Crippen MR) is 78.0 cm³/mol. The molecule has 0 aromatic heterocycles. The van der Waals surface area contributed by atoms with Gasteiger partial charge in [-0.2, -0.15) is 0 Å². The first-order valence-corrected chi connectivity index (χ1v) is 7.43. The van der Waals surface area contributed by atoms with Gasteiger partial charge in [-0.1, -0.05) is 20.8 Å². The molecule has 0 radical (unpaired) electrons. The topological polar surface area (TPSA) is 24.5 Å². The van der Waals surface area contributed by atoms with E-state index < -0.39 is 0 Å². The highest BCUT2D eigenvalue weighted by molar-refractivity contribution is 4.93. The SMILES string of the molecule is CCNC(CN(CC(C)C)C1CC1)C(C)(C)OC. The van der Waals surface area contributed by atoms with Crippen LogP contribution in [0.5, 0.6) is 0 Å². The van der Waals surface area contributed by atoms with Gasteiger partial charge in [0.15, 0.2) is 0 Å². The second-order valence-corrected chi connectivity index (χ2v) is 6.50. The second-order valence-electron chi connectivity index (χ2n) is 6.50. The maximum absolute atomic E-state index is 5.67. The molecule has 3 nitrogen and oxygen atoms in total. The van der Waals surface area contributed by atoms with Crippen molar-refractivity contribution in [3.63, 3.8) is 0 Å². The summed E-state index contributed by atoms with van der Waals surface area (Å²) in [5.74, 6) is 0.735. The number of hydrogen-bond donors (Lipinski definition) is 1. The summed E-state index contributed by atoms with van der Waals surface area (Å²) in [6, 6.07) is 1.22. The molecule has 0 bridgehead atoms. The van der Waals surface area contributed by atoms with Crippen LogP contribution >= 0.6 is 0 Å². The molecule has 1 aliphatic carbocycles. The van der Waals surface area contributed by atoms with Gasteiger partial charge in [-0.3, -0.25) is 4.90 Å². The zero-order valence-corrected chi connectivity index (χ0v) is 13.1. The second kappa shape index (κ2) is 6.88. The Morgan fingerprint density at radius 1 is 1.28 bits per heavy atom. The first kappa shape index (κ1) is 15.9. The quantitative estimate of drug-likeness (QED) is 0.686. The van der Waals surface area contributed by atoms with Crippen LogP contribution in [0.25, 0.3) is 0 Å². The third kappa shape index (κ3) is 4.87. The number of nitrogens with one attached hydrogen (secondary N) is 1. The van der Waals surface area contributed by atoms with Gasteiger partial charge in [-0.05, 0) is 39.2 Å². The van der Waals surface area contributed by atoms with Crippen LogP contribution in [0, 0.1) is 5.92 Å². The summed E-state index contributed by atoms with van der Waals surface area (Å²) in [5, 5.41) is 3.59. The molecular weight excluding hydrogens is 224 g/mol. The third-order valence-corrected chi connectivity index (χ3v) is 3.90. The van der Waals surface area contributed by atoms with Gasteiger partial charge in [0.05, 0.1) is 5.60 Å². The molecule has 18 heavy (non-hydrogen) atoms. The van der Waals surface area contributed by atoms with Gasteiger partial charge in [-0.15, -0.1) is 0 Å². The van der Waals surface area contributed by atoms with Crippen molar-refractivity contribution in [1.82, 2.24) is 10.2 Å². The van der Waals surface area contributed by atoms with Gasteiger partial charge in [-0.25, -0.2) is 0 Å². The van der Waals surface area contributed by atoms with E-state index in [1.807, 2.05) is 7.11 Å². The summed E-state index contributed by atoms with van der Waals surface area (Å²) < 4.78 is 5.67. The minimum absolute atomic E-state index is 0.111. The number of ether oxygens (including phenoxy) is 1. The van der Waals surface area contributed by atoms with Crippen LogP contribution in [0.3, 0.4) is 0 Å². The Morgan fingerprint density at radius 3 is 2.28 bits per heavy atom. The molecule has 0 aromatic carbocycles. The highest BCUT2D eigenvalue weighted by Gasteiger charge is 2.35. The Kier molecular flexibility index (Phi) is 6.09. The Hall–Kier alpha value is -0.120. The summed E-state index contributed by atoms with van der Waals surface area (Å²) in [5.41, 5.74) is -0.111. The maximum Gasteiger partial charge on any atom is 0.0787 e. The third-order valence-electron chi connectivity index (χ3n) is 3.90. The van der Waals surface area contributed by atoms with Gasteiger partial charge < -0.3 is 10.1 Å². The molecule has 0 saturated heterocycles. The molecule has 3 heteroatoms. The monoisotopic (exact) mass is 256 g/mol. The predicted octanol–water partition coefficient (Wildman–Crippen LogP) is 2.51. The lowest BCUT2D eigenvalue weighted by molar-refractivity contribution is -0.0211. The smallest absolute Gasteiger partial charge is 0.0787 e. The number of likely N-dealkylation sites (N-methyl/N-ethyl adjacent to an activating group) is 1. The number of methoxy groups -OCH3 is 1. The molecule has 0 aromatic rings. The zero-order chi connectivity index (χ0) is 13.8. The summed E-state index contributed by atoms with van der Waals surface area (Å²) >= 11 is 0. The zero-order valence-electron chi connectivity index (χ0n) is 13.1. The van der Waals surface area contributed by atoms with Crippen LogP contribution in [0.2, 0.25) is 0 Å². The van der Waals surface area contributed by atoms with Gasteiger partial charge in [0.1, 0.15) is 0 Å². The highest BCUT2D eigenvalue weighted by atomic mass is 16.5. The summed E-state index contributed by atoms with van der Waals surface area (Å²) in [6.07, 6.45) is 2.75. The molecule has 0 heterocycles. The Balaban J connectivity index is 2.61. The molecule has 1 fully saturated rings. The first-order chi connectivity index (χ1) is 8.40. The molecule has 1 unspecified atom stereocenters. The molecule has 0 aliphatic heterocycles. The van der Waals surface area contributed by atoms with Crippen LogP contribution < -0.4 is 5.32 Å². The van der Waals surface area contributed by atoms with Crippen molar-refractivity contribution < 1.29 is 4.74 Å². The summed E-state index contributed by atoms with van der Waals surface area (Å²) in [7, 11) is 1.81. The van der Waals surface area contributed by atoms with E-state index in [0.29, 0.717) is 6.04 Å². The molecule has 1 aliphatic rings. The van der Waals surface area contributed by atoms with E-state index in [-0.39, 0.29) is 5.60 Å². The first-order valence-electron chi connectivity index (χ1n) is 7.43. The average molecular weight is 256 g/mol. The van der Waals surface area contributed by atoms with Crippen molar-refractivity contribution in [2.45, 2.75) is 65.1 Å². The van der Waals surface area contributed by atoms with Crippen molar-refractivity contribution in [1.29, 1.82) is 0 Å².